The number of benzene rings is 2. The van der Waals surface area contributed by atoms with Crippen LogP contribution in [-0.2, 0) is 16.0 Å². The number of hydrogen-bond acceptors (Lipinski definition) is 6. The van der Waals surface area contributed by atoms with Crippen LogP contribution in [-0.4, -0.2) is 31.1 Å². The monoisotopic (exact) mass is 460 g/mol. The van der Waals surface area contributed by atoms with E-state index >= 15 is 0 Å². The van der Waals surface area contributed by atoms with E-state index in [9.17, 15) is 9.59 Å². The molecule has 0 aliphatic carbocycles. The van der Waals surface area contributed by atoms with Crippen LogP contribution >= 0.6 is 27.3 Å². The van der Waals surface area contributed by atoms with Gasteiger partial charge >= 0.3 is 5.97 Å². The first-order chi connectivity index (χ1) is 13.5. The standard InChI is InChI=1S/C20H17BrN2O4S/c1-26-15-6-7-17(16(10-15)20(25)27-2)23-18(24)9-14-11-28-19(22-14)12-4-3-5-13(21)8-12/h3-8,10-11H,9H2,1-2H3,(H,23,24). The molecular weight excluding hydrogens is 444 g/mol. The van der Waals surface area contributed by atoms with Crippen molar-refractivity contribution < 1.29 is 19.1 Å². The molecule has 144 valence electrons. The molecule has 0 saturated carbocycles. The van der Waals surface area contributed by atoms with Crippen LogP contribution < -0.4 is 10.1 Å². The predicted molar refractivity (Wildman–Crippen MR) is 112 cm³/mol. The van der Waals surface area contributed by atoms with Crippen LogP contribution in [0.3, 0.4) is 0 Å². The topological polar surface area (TPSA) is 77.5 Å². The van der Waals surface area contributed by atoms with Gasteiger partial charge in [0.05, 0.1) is 37.6 Å². The number of aromatic nitrogens is 1. The van der Waals surface area contributed by atoms with Gasteiger partial charge < -0.3 is 14.8 Å². The average Bonchev–Trinajstić information content (AvgIpc) is 3.16. The van der Waals surface area contributed by atoms with Crippen molar-refractivity contribution in [2.45, 2.75) is 6.42 Å². The van der Waals surface area contributed by atoms with Crippen molar-refractivity contribution in [3.8, 4) is 16.3 Å². The van der Waals surface area contributed by atoms with Crippen LogP contribution in [0, 0.1) is 0 Å². The number of nitrogens with zero attached hydrogens (tertiary/aromatic N) is 1. The summed E-state index contributed by atoms with van der Waals surface area (Å²) in [6.07, 6.45) is 0.0944. The summed E-state index contributed by atoms with van der Waals surface area (Å²) >= 11 is 4.92. The lowest BCUT2D eigenvalue weighted by Crippen LogP contribution is -2.17. The first-order valence-electron chi connectivity index (χ1n) is 8.26. The molecule has 0 saturated heterocycles. The first-order valence-corrected chi connectivity index (χ1v) is 9.94. The maximum atomic E-state index is 12.5. The van der Waals surface area contributed by atoms with E-state index in [1.54, 1.807) is 12.1 Å². The van der Waals surface area contributed by atoms with Crippen molar-refractivity contribution in [2.75, 3.05) is 19.5 Å². The van der Waals surface area contributed by atoms with Gasteiger partial charge in [-0.2, -0.15) is 0 Å². The lowest BCUT2D eigenvalue weighted by Gasteiger charge is -2.11. The highest BCUT2D eigenvalue weighted by atomic mass is 79.9. The number of methoxy groups -OCH3 is 2. The molecule has 1 N–H and O–H groups in total. The zero-order chi connectivity index (χ0) is 20.1. The highest BCUT2D eigenvalue weighted by molar-refractivity contribution is 9.10. The van der Waals surface area contributed by atoms with Crippen molar-refractivity contribution in [1.29, 1.82) is 0 Å². The summed E-state index contributed by atoms with van der Waals surface area (Å²) in [5.74, 6) is -0.335. The molecule has 0 aliphatic rings. The van der Waals surface area contributed by atoms with Crippen molar-refractivity contribution in [3.05, 3.63) is 63.6 Å². The average molecular weight is 461 g/mol. The molecule has 2 aromatic carbocycles. The second kappa shape index (κ2) is 8.99. The molecule has 0 unspecified atom stereocenters. The van der Waals surface area contributed by atoms with Gasteiger partial charge in [0, 0.05) is 15.4 Å². The third-order valence-corrected chi connectivity index (χ3v) is 5.30. The highest BCUT2D eigenvalue weighted by Gasteiger charge is 2.16. The SMILES string of the molecule is COC(=O)c1cc(OC)ccc1NC(=O)Cc1csc(-c2cccc(Br)c2)n1. The molecule has 0 aliphatic heterocycles. The fourth-order valence-corrected chi connectivity index (χ4v) is 3.76. The van der Waals surface area contributed by atoms with Gasteiger partial charge in [-0.1, -0.05) is 28.1 Å². The van der Waals surface area contributed by atoms with E-state index in [1.807, 2.05) is 29.6 Å². The van der Waals surface area contributed by atoms with Crippen LogP contribution in [0.15, 0.2) is 52.3 Å². The lowest BCUT2D eigenvalue weighted by molar-refractivity contribution is -0.115. The third kappa shape index (κ3) is 4.76. The predicted octanol–water partition coefficient (Wildman–Crippen LogP) is 4.55. The molecule has 0 atom stereocenters. The van der Waals surface area contributed by atoms with E-state index < -0.39 is 5.97 Å². The summed E-state index contributed by atoms with van der Waals surface area (Å²) in [6.45, 7) is 0. The lowest BCUT2D eigenvalue weighted by atomic mass is 10.1. The Bertz CT molecular complexity index is 1020. The Kier molecular flexibility index (Phi) is 6.43. The molecule has 1 aromatic heterocycles. The van der Waals surface area contributed by atoms with E-state index in [0.29, 0.717) is 17.1 Å². The van der Waals surface area contributed by atoms with E-state index in [1.165, 1.54) is 31.6 Å². The molecule has 3 rings (SSSR count). The van der Waals surface area contributed by atoms with Crippen molar-refractivity contribution in [2.24, 2.45) is 0 Å². The minimum absolute atomic E-state index is 0.0944. The summed E-state index contributed by atoms with van der Waals surface area (Å²) in [5.41, 5.74) is 2.23. The molecule has 0 bridgehead atoms. The van der Waals surface area contributed by atoms with Gasteiger partial charge in [-0.15, -0.1) is 11.3 Å². The molecule has 0 fully saturated rings. The molecule has 8 heteroatoms. The zero-order valence-corrected chi connectivity index (χ0v) is 17.6. The Labute approximate surface area is 174 Å². The van der Waals surface area contributed by atoms with Gasteiger partial charge in [0.2, 0.25) is 5.91 Å². The fourth-order valence-electron chi connectivity index (χ4n) is 2.54. The molecule has 0 spiro atoms. The van der Waals surface area contributed by atoms with Gasteiger partial charge in [0.15, 0.2) is 0 Å². The van der Waals surface area contributed by atoms with Crippen LogP contribution in [0.4, 0.5) is 5.69 Å². The van der Waals surface area contributed by atoms with Crippen LogP contribution in [0.2, 0.25) is 0 Å². The van der Waals surface area contributed by atoms with Gasteiger partial charge in [-0.25, -0.2) is 9.78 Å². The third-order valence-electron chi connectivity index (χ3n) is 3.87. The summed E-state index contributed by atoms with van der Waals surface area (Å²) in [6, 6.07) is 12.6. The number of ether oxygens (including phenoxy) is 2. The van der Waals surface area contributed by atoms with Crippen LogP contribution in [0.1, 0.15) is 16.1 Å². The van der Waals surface area contributed by atoms with Gasteiger partial charge in [-0.3, -0.25) is 4.79 Å². The Balaban J connectivity index is 1.74. The molecule has 3 aromatic rings. The van der Waals surface area contributed by atoms with E-state index in [0.717, 1.165) is 15.0 Å². The smallest absolute Gasteiger partial charge is 0.340 e. The van der Waals surface area contributed by atoms with Crippen molar-refractivity contribution in [3.63, 3.8) is 0 Å². The quantitative estimate of drug-likeness (QED) is 0.545. The maximum Gasteiger partial charge on any atom is 0.340 e. The molecule has 1 amide bonds. The maximum absolute atomic E-state index is 12.5. The van der Waals surface area contributed by atoms with Gasteiger partial charge in [0.25, 0.3) is 0 Å². The molecular formula is C20H17BrN2O4S. The van der Waals surface area contributed by atoms with Crippen LogP contribution in [0.5, 0.6) is 5.75 Å². The first kappa shape index (κ1) is 20.0. The normalized spacial score (nSPS) is 10.4. The van der Waals surface area contributed by atoms with E-state index in [4.69, 9.17) is 9.47 Å². The van der Waals surface area contributed by atoms with Gasteiger partial charge in [0.1, 0.15) is 10.8 Å². The number of hydrogen-bond donors (Lipinski definition) is 1. The Morgan fingerprint density at radius 2 is 2.00 bits per heavy atom. The molecule has 1 heterocycles. The molecule has 28 heavy (non-hydrogen) atoms. The number of carbonyl (C=O) groups excluding carboxylic acids is 2. The number of thiazole rings is 1. The minimum Gasteiger partial charge on any atom is -0.497 e. The Hall–Kier alpha value is -2.71. The van der Waals surface area contributed by atoms with Crippen LogP contribution in [0.25, 0.3) is 10.6 Å². The minimum atomic E-state index is -0.556. The number of halogens is 1. The summed E-state index contributed by atoms with van der Waals surface area (Å²) in [7, 11) is 2.78. The number of esters is 1. The molecule has 6 nitrogen and oxygen atoms in total. The Morgan fingerprint density at radius 3 is 2.71 bits per heavy atom. The number of rotatable bonds is 6. The second-order valence-corrected chi connectivity index (χ2v) is 7.56. The highest BCUT2D eigenvalue weighted by Crippen LogP contribution is 2.27. The summed E-state index contributed by atoms with van der Waals surface area (Å²) in [5, 5.41) is 5.43. The van der Waals surface area contributed by atoms with Gasteiger partial charge in [-0.05, 0) is 30.3 Å². The largest absolute Gasteiger partial charge is 0.497 e. The zero-order valence-electron chi connectivity index (χ0n) is 15.2. The second-order valence-electron chi connectivity index (χ2n) is 5.78. The summed E-state index contributed by atoms with van der Waals surface area (Å²) < 4.78 is 10.9. The number of amides is 1. The summed E-state index contributed by atoms with van der Waals surface area (Å²) in [4.78, 5) is 29.0. The Morgan fingerprint density at radius 1 is 1.18 bits per heavy atom. The van der Waals surface area contributed by atoms with Crippen molar-refractivity contribution >= 4 is 44.8 Å². The number of anilines is 1. The number of nitrogens with one attached hydrogen (secondary N) is 1. The number of carbonyl (C=O) groups is 2. The van der Waals surface area contributed by atoms with E-state index in [-0.39, 0.29) is 17.9 Å². The fraction of sp³-hybridized carbons (Fsp3) is 0.150. The van der Waals surface area contributed by atoms with Crippen molar-refractivity contribution in [1.82, 2.24) is 4.98 Å². The molecule has 0 radical (unpaired) electrons. The van der Waals surface area contributed by atoms with E-state index in [2.05, 4.69) is 26.2 Å².